The number of benzene rings is 1. The van der Waals surface area contributed by atoms with E-state index in [9.17, 15) is 13.2 Å². The van der Waals surface area contributed by atoms with Gasteiger partial charge in [0.25, 0.3) is 0 Å². The lowest BCUT2D eigenvalue weighted by Crippen LogP contribution is -2.07. The summed E-state index contributed by atoms with van der Waals surface area (Å²) in [4.78, 5) is 4.44. The Morgan fingerprint density at radius 3 is 2.50 bits per heavy atom. The van der Waals surface area contributed by atoms with Gasteiger partial charge in [-0.1, -0.05) is 19.6 Å². The number of aromatic nitrogens is 1. The summed E-state index contributed by atoms with van der Waals surface area (Å²) in [5.74, 6) is 0.133. The number of aryl methyl sites for hydroxylation is 2. The van der Waals surface area contributed by atoms with Gasteiger partial charge in [-0.15, -0.1) is 0 Å². The molecule has 0 atom stereocenters. The fourth-order valence-electron chi connectivity index (χ4n) is 2.46. The van der Waals surface area contributed by atoms with Crippen molar-refractivity contribution in [1.82, 2.24) is 4.98 Å². The molecule has 0 aliphatic heterocycles. The summed E-state index contributed by atoms with van der Waals surface area (Å²) < 4.78 is 44.1. The zero-order valence-electron chi connectivity index (χ0n) is 13.8. The molecule has 2 rings (SSSR count). The van der Waals surface area contributed by atoms with Gasteiger partial charge in [0.1, 0.15) is 5.75 Å². The van der Waals surface area contributed by atoms with Crippen molar-refractivity contribution >= 4 is 17.5 Å². The van der Waals surface area contributed by atoms with Gasteiger partial charge in [0.2, 0.25) is 0 Å². The van der Waals surface area contributed by atoms with Crippen molar-refractivity contribution in [3.05, 3.63) is 53.4 Å². The number of hydrogen-bond donors (Lipinski definition) is 1. The van der Waals surface area contributed by atoms with Crippen LogP contribution in [0.3, 0.4) is 0 Å². The average molecular weight is 336 g/mol. The maximum absolute atomic E-state index is 13.0. The third-order valence-corrected chi connectivity index (χ3v) is 3.55. The van der Waals surface area contributed by atoms with Crippen LogP contribution in [0.25, 0.3) is 6.08 Å². The van der Waals surface area contributed by atoms with Gasteiger partial charge in [-0.25, -0.2) is 0 Å². The number of hydrogen-bond acceptors (Lipinski definition) is 3. The van der Waals surface area contributed by atoms with Gasteiger partial charge in [-0.3, -0.25) is 4.98 Å². The Bertz CT molecular complexity index is 755. The molecule has 0 saturated heterocycles. The molecule has 0 fully saturated rings. The molecule has 0 bridgehead atoms. The van der Waals surface area contributed by atoms with E-state index in [1.54, 1.807) is 12.1 Å². The van der Waals surface area contributed by atoms with Crippen LogP contribution in [0.15, 0.2) is 30.8 Å². The lowest BCUT2D eigenvalue weighted by molar-refractivity contribution is -0.137. The molecule has 0 aliphatic rings. The van der Waals surface area contributed by atoms with E-state index in [-0.39, 0.29) is 11.4 Å². The van der Waals surface area contributed by atoms with Crippen LogP contribution in [-0.2, 0) is 12.6 Å². The zero-order chi connectivity index (χ0) is 17.9. The summed E-state index contributed by atoms with van der Waals surface area (Å²) in [6, 6.07) is 5.32. The normalized spacial score (nSPS) is 11.2. The number of alkyl halides is 3. The number of rotatable bonds is 5. The van der Waals surface area contributed by atoms with Crippen LogP contribution in [0.4, 0.5) is 24.5 Å². The molecule has 1 heterocycles. The summed E-state index contributed by atoms with van der Waals surface area (Å²) in [5.41, 5.74) is 2.57. The third-order valence-electron chi connectivity index (χ3n) is 3.55. The van der Waals surface area contributed by atoms with Gasteiger partial charge >= 0.3 is 6.18 Å². The molecular formula is C18H19F3N2O. The Morgan fingerprint density at radius 1 is 1.25 bits per heavy atom. The number of nitrogens with zero attached hydrogens (tertiary/aromatic N) is 1. The van der Waals surface area contributed by atoms with E-state index >= 15 is 0 Å². The molecule has 1 aromatic carbocycles. The van der Waals surface area contributed by atoms with Crippen LogP contribution in [0, 0.1) is 6.92 Å². The summed E-state index contributed by atoms with van der Waals surface area (Å²) in [6.45, 7) is 7.58. The highest BCUT2D eigenvalue weighted by Gasteiger charge is 2.31. The molecule has 3 nitrogen and oxygen atoms in total. The standard InChI is InChI=1S/C18H19F3N2O/c1-5-15-16(6-2)22-11(3)7-17(15)23-13-8-12(18(19,20)21)9-14(10-13)24-4/h5,7-10H,1,6H2,2-4H3,(H,22,23). The monoisotopic (exact) mass is 336 g/mol. The van der Waals surface area contributed by atoms with E-state index in [1.165, 1.54) is 13.2 Å². The van der Waals surface area contributed by atoms with Crippen LogP contribution in [-0.4, -0.2) is 12.1 Å². The fraction of sp³-hybridized carbons (Fsp3) is 0.278. The first kappa shape index (κ1) is 17.8. The van der Waals surface area contributed by atoms with Crippen LogP contribution in [0.2, 0.25) is 0 Å². The van der Waals surface area contributed by atoms with E-state index < -0.39 is 11.7 Å². The number of nitrogens with one attached hydrogen (secondary N) is 1. The van der Waals surface area contributed by atoms with E-state index in [0.29, 0.717) is 12.1 Å². The van der Waals surface area contributed by atoms with Gasteiger partial charge in [0, 0.05) is 34.4 Å². The Kier molecular flexibility index (Phi) is 5.17. The second kappa shape index (κ2) is 6.95. The SMILES string of the molecule is C=Cc1c(Nc2cc(OC)cc(C(F)(F)F)c2)cc(C)nc1CC. The molecule has 0 spiro atoms. The maximum Gasteiger partial charge on any atom is 0.416 e. The number of halogens is 3. The number of anilines is 2. The molecule has 0 saturated carbocycles. The van der Waals surface area contributed by atoms with E-state index in [1.807, 2.05) is 13.8 Å². The summed E-state index contributed by atoms with van der Waals surface area (Å²) in [5, 5.41) is 3.03. The largest absolute Gasteiger partial charge is 0.497 e. The number of ether oxygens (including phenoxy) is 1. The lowest BCUT2D eigenvalue weighted by Gasteiger charge is -2.16. The lowest BCUT2D eigenvalue weighted by atomic mass is 10.1. The average Bonchev–Trinajstić information content (AvgIpc) is 2.53. The summed E-state index contributed by atoms with van der Waals surface area (Å²) in [6.07, 6.45) is -2.10. The van der Waals surface area contributed by atoms with Gasteiger partial charge in [-0.2, -0.15) is 13.2 Å². The van der Waals surface area contributed by atoms with Crippen LogP contribution in [0.1, 0.15) is 29.4 Å². The predicted molar refractivity (Wildman–Crippen MR) is 89.7 cm³/mol. The smallest absolute Gasteiger partial charge is 0.416 e. The second-order valence-corrected chi connectivity index (χ2v) is 5.30. The molecule has 0 unspecified atom stereocenters. The maximum atomic E-state index is 13.0. The van der Waals surface area contributed by atoms with E-state index in [4.69, 9.17) is 4.74 Å². The van der Waals surface area contributed by atoms with Gasteiger partial charge < -0.3 is 10.1 Å². The van der Waals surface area contributed by atoms with Crippen molar-refractivity contribution in [3.63, 3.8) is 0 Å². The molecule has 0 amide bonds. The highest BCUT2D eigenvalue weighted by atomic mass is 19.4. The molecule has 128 valence electrons. The van der Waals surface area contributed by atoms with Crippen molar-refractivity contribution in [1.29, 1.82) is 0 Å². The number of methoxy groups -OCH3 is 1. The topological polar surface area (TPSA) is 34.1 Å². The molecule has 1 N–H and O–H groups in total. The molecule has 24 heavy (non-hydrogen) atoms. The Morgan fingerprint density at radius 2 is 1.96 bits per heavy atom. The van der Waals surface area contributed by atoms with Crippen molar-refractivity contribution in [3.8, 4) is 5.75 Å². The Hall–Kier alpha value is -2.50. The van der Waals surface area contributed by atoms with Crippen molar-refractivity contribution < 1.29 is 17.9 Å². The molecule has 0 aliphatic carbocycles. The Labute approximate surface area is 139 Å². The van der Waals surface area contributed by atoms with E-state index in [2.05, 4.69) is 16.9 Å². The van der Waals surface area contributed by atoms with Crippen LogP contribution in [0.5, 0.6) is 5.75 Å². The highest BCUT2D eigenvalue weighted by Crippen LogP contribution is 2.35. The molecule has 2 aromatic rings. The van der Waals surface area contributed by atoms with Crippen LogP contribution < -0.4 is 10.1 Å². The first-order chi connectivity index (χ1) is 11.3. The molecule has 6 heteroatoms. The summed E-state index contributed by atoms with van der Waals surface area (Å²) >= 11 is 0. The minimum absolute atomic E-state index is 0.133. The van der Waals surface area contributed by atoms with Crippen molar-refractivity contribution in [2.75, 3.05) is 12.4 Å². The minimum atomic E-state index is -4.45. The fourth-order valence-corrected chi connectivity index (χ4v) is 2.46. The molecular weight excluding hydrogens is 317 g/mol. The quantitative estimate of drug-likeness (QED) is 0.797. The predicted octanol–water partition coefficient (Wildman–Crippen LogP) is 5.37. The minimum Gasteiger partial charge on any atom is -0.497 e. The first-order valence-electron chi connectivity index (χ1n) is 7.44. The second-order valence-electron chi connectivity index (χ2n) is 5.30. The summed E-state index contributed by atoms with van der Waals surface area (Å²) in [7, 11) is 1.33. The molecule has 0 radical (unpaired) electrons. The Balaban J connectivity index is 2.52. The van der Waals surface area contributed by atoms with E-state index in [0.717, 1.165) is 29.1 Å². The van der Waals surface area contributed by atoms with Crippen molar-refractivity contribution in [2.24, 2.45) is 0 Å². The van der Waals surface area contributed by atoms with Gasteiger partial charge in [0.05, 0.1) is 12.7 Å². The third kappa shape index (κ3) is 3.88. The van der Waals surface area contributed by atoms with Gasteiger partial charge in [-0.05, 0) is 31.5 Å². The first-order valence-corrected chi connectivity index (χ1v) is 7.44. The number of pyridine rings is 1. The van der Waals surface area contributed by atoms with Crippen molar-refractivity contribution in [2.45, 2.75) is 26.4 Å². The molecule has 1 aromatic heterocycles. The highest BCUT2D eigenvalue weighted by molar-refractivity contribution is 5.74. The van der Waals surface area contributed by atoms with Crippen LogP contribution >= 0.6 is 0 Å². The van der Waals surface area contributed by atoms with Gasteiger partial charge in [0.15, 0.2) is 0 Å². The zero-order valence-corrected chi connectivity index (χ0v) is 13.8.